The van der Waals surface area contributed by atoms with Crippen molar-refractivity contribution < 1.29 is 0 Å². The second-order valence-corrected chi connectivity index (χ2v) is 6.67. The first kappa shape index (κ1) is 16.4. The molecule has 0 aromatic heterocycles. The van der Waals surface area contributed by atoms with Crippen LogP contribution in [0.25, 0.3) is 0 Å². The van der Waals surface area contributed by atoms with Gasteiger partial charge < -0.3 is 5.32 Å². The molecule has 1 aromatic rings. The Morgan fingerprint density at radius 3 is 2.14 bits per heavy atom. The van der Waals surface area contributed by atoms with Crippen LogP contribution in [0.1, 0.15) is 83.1 Å². The molecule has 1 heteroatoms. The van der Waals surface area contributed by atoms with Crippen LogP contribution in [-0.4, -0.2) is 6.04 Å². The minimum Gasteiger partial charge on any atom is -0.382 e. The Hall–Kier alpha value is -0.980. The summed E-state index contributed by atoms with van der Waals surface area (Å²) in [6, 6.07) is 9.46. The van der Waals surface area contributed by atoms with Crippen molar-refractivity contribution in [3.05, 3.63) is 29.8 Å². The quantitative estimate of drug-likeness (QED) is 0.469. The molecule has 1 aliphatic heterocycles. The maximum Gasteiger partial charge on any atom is 0.0375 e. The number of benzene rings is 1. The van der Waals surface area contributed by atoms with E-state index >= 15 is 0 Å². The summed E-state index contributed by atoms with van der Waals surface area (Å²) in [5.41, 5.74) is 2.88. The van der Waals surface area contributed by atoms with Crippen molar-refractivity contribution in [3.8, 4) is 0 Å². The van der Waals surface area contributed by atoms with Crippen LogP contribution in [0, 0.1) is 0 Å². The average molecular weight is 287 g/mol. The van der Waals surface area contributed by atoms with E-state index in [-0.39, 0.29) is 0 Å². The number of rotatable bonds is 11. The van der Waals surface area contributed by atoms with E-state index < -0.39 is 0 Å². The molecule has 0 saturated carbocycles. The zero-order valence-corrected chi connectivity index (χ0v) is 13.9. The molecule has 1 aliphatic rings. The fourth-order valence-corrected chi connectivity index (χ4v) is 3.43. The van der Waals surface area contributed by atoms with E-state index in [2.05, 4.69) is 36.5 Å². The van der Waals surface area contributed by atoms with Gasteiger partial charge in [0.05, 0.1) is 0 Å². The van der Waals surface area contributed by atoms with Crippen molar-refractivity contribution >= 4 is 5.69 Å². The Bertz CT molecular complexity index is 360. The van der Waals surface area contributed by atoms with Gasteiger partial charge in [0.1, 0.15) is 0 Å². The largest absolute Gasteiger partial charge is 0.382 e. The first-order chi connectivity index (χ1) is 10.4. The van der Waals surface area contributed by atoms with Gasteiger partial charge in [-0.25, -0.2) is 0 Å². The predicted molar refractivity (Wildman–Crippen MR) is 94.0 cm³/mol. The molecule has 0 aliphatic carbocycles. The van der Waals surface area contributed by atoms with Gasteiger partial charge in [0.25, 0.3) is 0 Å². The van der Waals surface area contributed by atoms with Gasteiger partial charge in [-0.1, -0.05) is 89.3 Å². The smallest absolute Gasteiger partial charge is 0.0375 e. The summed E-state index contributed by atoms with van der Waals surface area (Å²) >= 11 is 0. The van der Waals surface area contributed by atoms with Gasteiger partial charge in [-0.3, -0.25) is 0 Å². The van der Waals surface area contributed by atoms with Crippen LogP contribution in [0.2, 0.25) is 0 Å². The van der Waals surface area contributed by atoms with Crippen molar-refractivity contribution in [3.63, 3.8) is 0 Å². The Balaban J connectivity index is 1.41. The SMILES string of the molecule is CCCCCCCCCCCCC1Cc2ccccc2N1. The zero-order chi connectivity index (χ0) is 14.8. The topological polar surface area (TPSA) is 12.0 Å². The van der Waals surface area contributed by atoms with E-state index in [9.17, 15) is 0 Å². The maximum absolute atomic E-state index is 3.67. The monoisotopic (exact) mass is 287 g/mol. The molecule has 1 N–H and O–H groups in total. The molecular weight excluding hydrogens is 254 g/mol. The minimum absolute atomic E-state index is 0.691. The third-order valence-electron chi connectivity index (χ3n) is 4.75. The molecule has 0 bridgehead atoms. The lowest BCUT2D eigenvalue weighted by Crippen LogP contribution is -2.14. The van der Waals surface area contributed by atoms with Crippen molar-refractivity contribution in [1.29, 1.82) is 0 Å². The van der Waals surface area contributed by atoms with E-state index in [1.807, 2.05) is 0 Å². The average Bonchev–Trinajstić information content (AvgIpc) is 2.92. The fraction of sp³-hybridized carbons (Fsp3) is 0.700. The van der Waals surface area contributed by atoms with Gasteiger partial charge in [0.15, 0.2) is 0 Å². The van der Waals surface area contributed by atoms with Gasteiger partial charge in [0, 0.05) is 11.7 Å². The normalized spacial score (nSPS) is 16.7. The number of anilines is 1. The molecule has 118 valence electrons. The molecule has 0 amide bonds. The number of hydrogen-bond donors (Lipinski definition) is 1. The summed E-state index contributed by atoms with van der Waals surface area (Å²) < 4.78 is 0. The number of fused-ring (bicyclic) bond motifs is 1. The first-order valence-corrected chi connectivity index (χ1v) is 9.24. The molecular formula is C20H33N. The standard InChI is InChI=1S/C20H33N/c1-2-3-4-5-6-7-8-9-10-11-15-19-17-18-14-12-13-16-20(18)21-19/h12-14,16,19,21H,2-11,15,17H2,1H3. The molecule has 1 nitrogen and oxygen atoms in total. The van der Waals surface area contributed by atoms with Crippen molar-refractivity contribution in [2.24, 2.45) is 0 Å². The van der Waals surface area contributed by atoms with Crippen LogP contribution in [0.4, 0.5) is 5.69 Å². The van der Waals surface area contributed by atoms with E-state index in [4.69, 9.17) is 0 Å². The van der Waals surface area contributed by atoms with E-state index in [1.165, 1.54) is 88.3 Å². The molecule has 0 fully saturated rings. The highest BCUT2D eigenvalue weighted by molar-refractivity contribution is 5.56. The minimum atomic E-state index is 0.691. The molecule has 0 spiro atoms. The van der Waals surface area contributed by atoms with Gasteiger partial charge in [-0.15, -0.1) is 0 Å². The molecule has 1 atom stereocenters. The zero-order valence-electron chi connectivity index (χ0n) is 13.9. The Morgan fingerprint density at radius 1 is 0.857 bits per heavy atom. The fourth-order valence-electron chi connectivity index (χ4n) is 3.43. The molecule has 2 rings (SSSR count). The number of nitrogens with one attached hydrogen (secondary N) is 1. The Labute approximate surface area is 131 Å². The summed E-state index contributed by atoms with van der Waals surface area (Å²) in [7, 11) is 0. The van der Waals surface area contributed by atoms with E-state index in [0.717, 1.165) is 0 Å². The Morgan fingerprint density at radius 2 is 1.48 bits per heavy atom. The number of para-hydroxylation sites is 1. The lowest BCUT2D eigenvalue weighted by molar-refractivity contribution is 0.535. The molecule has 1 heterocycles. The van der Waals surface area contributed by atoms with Crippen LogP contribution in [0.3, 0.4) is 0 Å². The summed E-state index contributed by atoms with van der Waals surface area (Å²) in [5.74, 6) is 0. The van der Waals surface area contributed by atoms with Crippen LogP contribution < -0.4 is 5.32 Å². The molecule has 1 unspecified atom stereocenters. The van der Waals surface area contributed by atoms with Gasteiger partial charge in [-0.2, -0.15) is 0 Å². The van der Waals surface area contributed by atoms with Gasteiger partial charge in [0.2, 0.25) is 0 Å². The molecule has 0 radical (unpaired) electrons. The summed E-state index contributed by atoms with van der Waals surface area (Å²) in [6.45, 7) is 2.29. The third-order valence-corrected chi connectivity index (χ3v) is 4.75. The third kappa shape index (κ3) is 6.11. The van der Waals surface area contributed by atoms with Crippen LogP contribution >= 0.6 is 0 Å². The molecule has 21 heavy (non-hydrogen) atoms. The van der Waals surface area contributed by atoms with Gasteiger partial charge >= 0.3 is 0 Å². The van der Waals surface area contributed by atoms with E-state index in [1.54, 1.807) is 0 Å². The summed E-state index contributed by atoms with van der Waals surface area (Å²) in [6.07, 6.45) is 16.9. The van der Waals surface area contributed by atoms with Crippen molar-refractivity contribution in [1.82, 2.24) is 0 Å². The lowest BCUT2D eigenvalue weighted by Gasteiger charge is -2.10. The van der Waals surface area contributed by atoms with Crippen molar-refractivity contribution in [2.75, 3.05) is 5.32 Å². The van der Waals surface area contributed by atoms with Crippen molar-refractivity contribution in [2.45, 2.75) is 90.0 Å². The summed E-state index contributed by atoms with van der Waals surface area (Å²) in [5, 5.41) is 3.67. The maximum atomic E-state index is 3.67. The van der Waals surface area contributed by atoms with Gasteiger partial charge in [-0.05, 0) is 24.5 Å². The highest BCUT2D eigenvalue weighted by atomic mass is 14.9. The highest BCUT2D eigenvalue weighted by Crippen LogP contribution is 2.27. The second-order valence-electron chi connectivity index (χ2n) is 6.67. The second kappa shape index (κ2) is 9.87. The lowest BCUT2D eigenvalue weighted by atomic mass is 10.0. The highest BCUT2D eigenvalue weighted by Gasteiger charge is 2.18. The van der Waals surface area contributed by atoms with Crippen LogP contribution in [-0.2, 0) is 6.42 Å². The predicted octanol–water partition coefficient (Wildman–Crippen LogP) is 6.33. The summed E-state index contributed by atoms with van der Waals surface area (Å²) in [4.78, 5) is 0. The van der Waals surface area contributed by atoms with Crippen LogP contribution in [0.15, 0.2) is 24.3 Å². The van der Waals surface area contributed by atoms with E-state index in [0.29, 0.717) is 6.04 Å². The Kier molecular flexibility index (Phi) is 7.70. The number of hydrogen-bond acceptors (Lipinski definition) is 1. The molecule has 1 aromatic carbocycles. The number of unbranched alkanes of at least 4 members (excludes halogenated alkanes) is 9. The van der Waals surface area contributed by atoms with Crippen LogP contribution in [0.5, 0.6) is 0 Å². The first-order valence-electron chi connectivity index (χ1n) is 9.24. The molecule has 0 saturated heterocycles.